The number of hydrogen-bond acceptors (Lipinski definition) is 4. The van der Waals surface area contributed by atoms with Gasteiger partial charge < -0.3 is 15.3 Å². The number of alkyl halides is 6. The molecule has 0 unspecified atom stereocenters. The standard InChI is InChI=1S/C20H16F5N3O2.C2HF3O2.C2H6/c21-14-5-6-16(15(22)7-14)27-9-17(29)28(19(18(27)30)10-26-11-19)8-12-1-3-13(4-2-12)20(23,24)25;3-2(4,5)1(6)7;1-2/h1-7,26H,8-11H2;(H,6,7);1-2H3. The molecule has 39 heavy (non-hydrogen) atoms. The summed E-state index contributed by atoms with van der Waals surface area (Å²) in [6, 6.07) is 7.07. The Bertz CT molecular complexity index is 1200. The molecule has 0 aromatic heterocycles. The van der Waals surface area contributed by atoms with Crippen LogP contribution in [-0.4, -0.2) is 59.1 Å². The van der Waals surface area contributed by atoms with Crippen LogP contribution in [-0.2, 0) is 27.1 Å². The van der Waals surface area contributed by atoms with Gasteiger partial charge in [-0.2, -0.15) is 26.3 Å². The lowest BCUT2D eigenvalue weighted by Gasteiger charge is -2.54. The molecule has 2 aromatic carbocycles. The molecule has 7 nitrogen and oxygen atoms in total. The van der Waals surface area contributed by atoms with E-state index in [0.717, 1.165) is 29.2 Å². The van der Waals surface area contributed by atoms with Crippen LogP contribution in [0.4, 0.5) is 40.8 Å². The molecule has 2 saturated heterocycles. The first-order valence-electron chi connectivity index (χ1n) is 11.3. The lowest BCUT2D eigenvalue weighted by molar-refractivity contribution is -0.192. The van der Waals surface area contributed by atoms with E-state index in [1.54, 1.807) is 0 Å². The van der Waals surface area contributed by atoms with E-state index >= 15 is 0 Å². The summed E-state index contributed by atoms with van der Waals surface area (Å²) < 4.78 is 97.5. The van der Waals surface area contributed by atoms with Gasteiger partial charge in [0, 0.05) is 25.7 Å². The first-order valence-corrected chi connectivity index (χ1v) is 11.3. The van der Waals surface area contributed by atoms with Gasteiger partial charge in [0.15, 0.2) is 0 Å². The fourth-order valence-corrected chi connectivity index (χ4v) is 3.72. The van der Waals surface area contributed by atoms with Crippen molar-refractivity contribution < 1.29 is 54.6 Å². The Balaban J connectivity index is 0.000000517. The third-order valence-electron chi connectivity index (χ3n) is 5.65. The number of hydrogen-bond donors (Lipinski definition) is 2. The summed E-state index contributed by atoms with van der Waals surface area (Å²) in [5.74, 6) is -5.55. The van der Waals surface area contributed by atoms with Crippen LogP contribution < -0.4 is 10.2 Å². The van der Waals surface area contributed by atoms with Crippen LogP contribution in [0.1, 0.15) is 25.0 Å². The average Bonchev–Trinajstić information content (AvgIpc) is 2.81. The van der Waals surface area contributed by atoms with Crippen molar-refractivity contribution in [1.82, 2.24) is 10.2 Å². The van der Waals surface area contributed by atoms with Crippen LogP contribution in [0.15, 0.2) is 42.5 Å². The Kier molecular flexibility index (Phi) is 9.66. The summed E-state index contributed by atoms with van der Waals surface area (Å²) in [5, 5.41) is 10.0. The predicted octanol–water partition coefficient (Wildman–Crippen LogP) is 4.36. The highest BCUT2D eigenvalue weighted by Crippen LogP contribution is 2.34. The Morgan fingerprint density at radius 1 is 0.974 bits per heavy atom. The number of halogens is 8. The van der Waals surface area contributed by atoms with E-state index in [0.29, 0.717) is 11.6 Å². The highest BCUT2D eigenvalue weighted by molar-refractivity contribution is 6.10. The summed E-state index contributed by atoms with van der Waals surface area (Å²) >= 11 is 0. The summed E-state index contributed by atoms with van der Waals surface area (Å²) in [6.07, 6.45) is -9.56. The first-order chi connectivity index (χ1) is 18.1. The molecular formula is C24H23F8N3O4. The van der Waals surface area contributed by atoms with Gasteiger partial charge in [-0.25, -0.2) is 13.6 Å². The lowest BCUT2D eigenvalue weighted by atomic mass is 9.85. The van der Waals surface area contributed by atoms with Crippen molar-refractivity contribution in [2.45, 2.75) is 38.3 Å². The Labute approximate surface area is 217 Å². The topological polar surface area (TPSA) is 90.0 Å². The predicted molar refractivity (Wildman–Crippen MR) is 121 cm³/mol. The number of piperazine rings is 1. The van der Waals surface area contributed by atoms with Crippen molar-refractivity contribution in [3.8, 4) is 0 Å². The number of benzene rings is 2. The number of carboxylic acids is 1. The van der Waals surface area contributed by atoms with E-state index in [2.05, 4.69) is 5.32 Å². The molecule has 0 atom stereocenters. The van der Waals surface area contributed by atoms with Gasteiger partial charge in [-0.3, -0.25) is 14.5 Å². The molecule has 2 fully saturated rings. The van der Waals surface area contributed by atoms with Gasteiger partial charge in [-0.1, -0.05) is 26.0 Å². The molecule has 214 valence electrons. The van der Waals surface area contributed by atoms with Gasteiger partial charge >= 0.3 is 18.3 Å². The summed E-state index contributed by atoms with van der Waals surface area (Å²) in [6.45, 7) is 3.73. The number of nitrogens with one attached hydrogen (secondary N) is 1. The smallest absolute Gasteiger partial charge is 0.475 e. The summed E-state index contributed by atoms with van der Waals surface area (Å²) in [4.78, 5) is 37.2. The molecule has 0 aliphatic carbocycles. The number of carbonyl (C=O) groups is 3. The number of aliphatic carboxylic acids is 1. The lowest BCUT2D eigenvalue weighted by Crippen LogP contribution is -2.80. The maximum absolute atomic E-state index is 14.2. The fourth-order valence-electron chi connectivity index (χ4n) is 3.72. The van der Waals surface area contributed by atoms with Crippen molar-refractivity contribution in [3.63, 3.8) is 0 Å². The second-order valence-electron chi connectivity index (χ2n) is 8.10. The van der Waals surface area contributed by atoms with Crippen molar-refractivity contribution in [1.29, 1.82) is 0 Å². The molecule has 0 radical (unpaired) electrons. The van der Waals surface area contributed by atoms with Gasteiger partial charge in [0.1, 0.15) is 23.7 Å². The molecule has 2 heterocycles. The minimum absolute atomic E-state index is 0.0653. The van der Waals surface area contributed by atoms with E-state index in [9.17, 15) is 44.7 Å². The van der Waals surface area contributed by atoms with E-state index in [-0.39, 0.29) is 25.3 Å². The van der Waals surface area contributed by atoms with E-state index in [1.807, 2.05) is 13.8 Å². The van der Waals surface area contributed by atoms with Crippen molar-refractivity contribution in [3.05, 3.63) is 65.2 Å². The monoisotopic (exact) mass is 569 g/mol. The molecule has 2 amide bonds. The van der Waals surface area contributed by atoms with Crippen LogP contribution in [0.3, 0.4) is 0 Å². The summed E-state index contributed by atoms with van der Waals surface area (Å²) in [7, 11) is 0. The molecule has 2 aliphatic heterocycles. The third kappa shape index (κ3) is 7.02. The molecule has 15 heteroatoms. The van der Waals surface area contributed by atoms with E-state index < -0.39 is 59.4 Å². The molecule has 2 aromatic rings. The third-order valence-corrected chi connectivity index (χ3v) is 5.65. The zero-order chi connectivity index (χ0) is 29.8. The molecule has 2 aliphatic rings. The number of anilines is 1. The quantitative estimate of drug-likeness (QED) is 0.537. The van der Waals surface area contributed by atoms with E-state index in [1.165, 1.54) is 17.0 Å². The minimum atomic E-state index is -5.08. The number of carboxylic acid groups (broad SMARTS) is 1. The molecule has 4 rings (SSSR count). The van der Waals surface area contributed by atoms with Crippen LogP contribution in [0, 0.1) is 11.6 Å². The Morgan fingerprint density at radius 3 is 1.92 bits per heavy atom. The Hall–Kier alpha value is -3.75. The number of rotatable bonds is 3. The van der Waals surface area contributed by atoms with Gasteiger partial charge in [0.2, 0.25) is 5.91 Å². The normalized spacial score (nSPS) is 16.6. The van der Waals surface area contributed by atoms with Gasteiger partial charge in [-0.15, -0.1) is 0 Å². The number of carbonyl (C=O) groups excluding carboxylic acids is 2. The SMILES string of the molecule is CC.O=C(O)C(F)(F)F.O=C1CN(c2ccc(F)cc2F)C(=O)C2(CNC2)N1Cc1ccc(C(F)(F)F)cc1. The van der Waals surface area contributed by atoms with Crippen molar-refractivity contribution in [2.75, 3.05) is 24.5 Å². The molecule has 1 spiro atoms. The highest BCUT2D eigenvalue weighted by atomic mass is 19.4. The molecule has 0 saturated carbocycles. The number of nitrogens with zero attached hydrogens (tertiary/aromatic N) is 2. The summed E-state index contributed by atoms with van der Waals surface area (Å²) in [5.41, 5.74) is -1.86. The maximum atomic E-state index is 14.2. The van der Waals surface area contributed by atoms with Crippen LogP contribution in [0.5, 0.6) is 0 Å². The second-order valence-corrected chi connectivity index (χ2v) is 8.10. The molecule has 0 bridgehead atoms. The second kappa shape index (κ2) is 12.0. The first kappa shape index (κ1) is 31.5. The van der Waals surface area contributed by atoms with Crippen LogP contribution in [0.25, 0.3) is 0 Å². The van der Waals surface area contributed by atoms with Crippen molar-refractivity contribution >= 4 is 23.5 Å². The van der Waals surface area contributed by atoms with Crippen molar-refractivity contribution in [2.24, 2.45) is 0 Å². The number of amides is 2. The fraction of sp³-hybridized carbons (Fsp3) is 0.375. The highest BCUT2D eigenvalue weighted by Gasteiger charge is 2.56. The maximum Gasteiger partial charge on any atom is 0.490 e. The average molecular weight is 569 g/mol. The Morgan fingerprint density at radius 2 is 1.51 bits per heavy atom. The molecular weight excluding hydrogens is 546 g/mol. The van der Waals surface area contributed by atoms with Gasteiger partial charge in [0.25, 0.3) is 5.91 Å². The molecule has 2 N–H and O–H groups in total. The zero-order valence-electron chi connectivity index (χ0n) is 20.5. The van der Waals surface area contributed by atoms with E-state index in [4.69, 9.17) is 9.90 Å². The van der Waals surface area contributed by atoms with Gasteiger partial charge in [0.05, 0.1) is 11.3 Å². The van der Waals surface area contributed by atoms with Crippen LogP contribution in [0.2, 0.25) is 0 Å². The minimum Gasteiger partial charge on any atom is -0.475 e. The zero-order valence-corrected chi connectivity index (χ0v) is 20.5. The van der Waals surface area contributed by atoms with Crippen LogP contribution >= 0.6 is 0 Å². The largest absolute Gasteiger partial charge is 0.490 e. The van der Waals surface area contributed by atoms with Gasteiger partial charge in [-0.05, 0) is 29.8 Å².